The summed E-state index contributed by atoms with van der Waals surface area (Å²) < 4.78 is 0. The molecule has 0 aliphatic carbocycles. The minimum atomic E-state index is -0.495. The van der Waals surface area contributed by atoms with Crippen LogP contribution in [0.5, 0.6) is 0 Å². The number of hydrogen-bond acceptors (Lipinski definition) is 3. The van der Waals surface area contributed by atoms with Gasteiger partial charge >= 0.3 is 51.4 Å². The summed E-state index contributed by atoms with van der Waals surface area (Å²) in [7, 11) is 0. The Morgan fingerprint density at radius 1 is 1.38 bits per heavy atom. The topological polar surface area (TPSA) is 72.2 Å². The second-order valence-corrected chi connectivity index (χ2v) is 2.07. The van der Waals surface area contributed by atoms with E-state index in [1.807, 2.05) is 0 Å². The van der Waals surface area contributed by atoms with E-state index in [9.17, 15) is 14.9 Å². The average molecular weight is 206 g/mol. The van der Waals surface area contributed by atoms with E-state index in [1.54, 1.807) is 0 Å². The van der Waals surface area contributed by atoms with E-state index in [0.29, 0.717) is 12.1 Å². The molecule has 5 nitrogen and oxygen atoms in total. The molecule has 0 aliphatic heterocycles. The van der Waals surface area contributed by atoms with E-state index < -0.39 is 4.92 Å². The summed E-state index contributed by atoms with van der Waals surface area (Å²) in [6.45, 7) is 0. The molecular weight excluding hydrogens is 199 g/mol. The normalized spacial score (nSPS) is 8.31. The van der Waals surface area contributed by atoms with Gasteiger partial charge in [0.15, 0.2) is 0 Å². The fraction of sp³-hybridized carbons (Fsp3) is 0. The van der Waals surface area contributed by atoms with Crippen molar-refractivity contribution in [3.63, 3.8) is 0 Å². The van der Waals surface area contributed by atoms with Gasteiger partial charge in [0.25, 0.3) is 5.69 Å². The predicted molar refractivity (Wildman–Crippen MR) is 43.9 cm³/mol. The van der Waals surface area contributed by atoms with E-state index in [0.717, 1.165) is 0 Å². The van der Waals surface area contributed by atoms with Crippen LogP contribution in [0.25, 0.3) is 0 Å². The van der Waals surface area contributed by atoms with Crippen LogP contribution in [0.15, 0.2) is 24.3 Å². The van der Waals surface area contributed by atoms with Crippen LogP contribution < -0.4 is 56.7 Å². The van der Waals surface area contributed by atoms with Crippen LogP contribution in [0, 0.1) is 10.1 Å². The summed E-state index contributed by atoms with van der Waals surface area (Å²) in [5.74, 6) is 0. The summed E-state index contributed by atoms with van der Waals surface area (Å²) in [6.07, 6.45) is 0.515. The van der Waals surface area contributed by atoms with Crippen molar-refractivity contribution in [2.45, 2.75) is 0 Å². The molecule has 0 atom stereocenters. The molecule has 0 unspecified atom stereocenters. The molecule has 64 valence electrons. The van der Waals surface area contributed by atoms with Gasteiger partial charge in [-0.25, -0.2) is 0 Å². The van der Waals surface area contributed by atoms with Crippen molar-refractivity contribution in [2.24, 2.45) is 0 Å². The second kappa shape index (κ2) is 6.22. The van der Waals surface area contributed by atoms with Gasteiger partial charge in [-0.15, -0.1) is 0 Å². The number of nitrogens with zero attached hydrogens (tertiary/aromatic N) is 1. The maximum Gasteiger partial charge on any atom is 1.00 e. The largest absolute Gasteiger partial charge is 1.00 e. The van der Waals surface area contributed by atoms with Crippen LogP contribution in [-0.4, -0.2) is 11.3 Å². The first kappa shape index (κ1) is 12.7. The van der Waals surface area contributed by atoms with Crippen LogP contribution >= 0.6 is 0 Å². The number of nitro groups is 1. The first-order valence-electron chi connectivity index (χ1n) is 3.18. The second-order valence-electron chi connectivity index (χ2n) is 2.07. The maximum absolute atomic E-state index is 10.2. The molecule has 6 heteroatoms. The Kier molecular flexibility index (Phi) is 6.09. The zero-order valence-electron chi connectivity index (χ0n) is 8.06. The van der Waals surface area contributed by atoms with Crippen molar-refractivity contribution < 1.29 is 62.5 Å². The van der Waals surface area contributed by atoms with E-state index in [-0.39, 0.29) is 58.5 Å². The number of nitro benzene ring substituents is 1. The molecule has 0 aromatic heterocycles. The van der Waals surface area contributed by atoms with Gasteiger partial charge in [-0.2, -0.15) is 0 Å². The van der Waals surface area contributed by atoms with Crippen LogP contribution in [-0.2, 0) is 4.79 Å². The number of carbonyl (C=O) groups excluding carboxylic acids is 1. The third-order valence-corrected chi connectivity index (χ3v) is 1.30. The van der Waals surface area contributed by atoms with Gasteiger partial charge in [0, 0.05) is 17.8 Å². The number of non-ortho nitro benzene ring substituents is 1. The Morgan fingerprint density at radius 2 is 1.92 bits per heavy atom. The van der Waals surface area contributed by atoms with Crippen molar-refractivity contribution in [1.29, 1.82) is 0 Å². The number of amides is 1. The fourth-order valence-corrected chi connectivity index (χ4v) is 0.747. The van der Waals surface area contributed by atoms with Gasteiger partial charge in [0.1, 0.15) is 0 Å². The van der Waals surface area contributed by atoms with E-state index >= 15 is 0 Å². The van der Waals surface area contributed by atoms with E-state index in [2.05, 4.69) is 5.32 Å². The number of nitrogens with one attached hydrogen (secondary N) is 1. The summed E-state index contributed by atoms with van der Waals surface area (Å²) in [5, 5.41) is 12.6. The maximum atomic E-state index is 10.2. The third-order valence-electron chi connectivity index (χ3n) is 1.30. The molecule has 1 N–H and O–H groups in total. The Balaban J connectivity index is 0. The minimum absolute atomic E-state index is 0. The smallest absolute Gasteiger partial charge is 1.00 e. The van der Waals surface area contributed by atoms with Crippen molar-refractivity contribution in [3.8, 4) is 0 Å². The van der Waals surface area contributed by atoms with Gasteiger partial charge in [-0.3, -0.25) is 14.9 Å². The Bertz CT molecular complexity index is 304. The van der Waals surface area contributed by atoms with Gasteiger partial charge in [0.2, 0.25) is 6.41 Å². The number of carbonyl (C=O) groups is 1. The minimum Gasteiger partial charge on any atom is -1.00 e. The Labute approximate surface area is 119 Å². The Hall–Kier alpha value is -0.274. The molecule has 1 rings (SSSR count). The van der Waals surface area contributed by atoms with Crippen LogP contribution in [0.2, 0.25) is 0 Å². The summed E-state index contributed by atoms with van der Waals surface area (Å²) >= 11 is 0. The molecule has 0 radical (unpaired) electrons. The fourth-order valence-electron chi connectivity index (χ4n) is 0.747. The molecule has 0 saturated carbocycles. The van der Waals surface area contributed by atoms with Crippen molar-refractivity contribution >= 4 is 17.8 Å². The first-order chi connectivity index (χ1) is 5.74. The third kappa shape index (κ3) is 3.97. The predicted octanol–water partition coefficient (Wildman–Crippen LogP) is -1.72. The van der Waals surface area contributed by atoms with E-state index in [4.69, 9.17) is 0 Å². The zero-order valence-corrected chi connectivity index (χ0v) is 10.2. The summed E-state index contributed by atoms with van der Waals surface area (Å²) in [5.41, 5.74) is 0.544. The van der Waals surface area contributed by atoms with Gasteiger partial charge in [0.05, 0.1) is 4.92 Å². The zero-order chi connectivity index (χ0) is 8.97. The molecule has 0 saturated heterocycles. The molecule has 13 heavy (non-hydrogen) atoms. The van der Waals surface area contributed by atoms with Crippen LogP contribution in [0.3, 0.4) is 0 Å². The van der Waals surface area contributed by atoms with Crippen LogP contribution in [0.4, 0.5) is 11.4 Å². The monoisotopic (exact) mass is 206 g/mol. The molecule has 0 heterocycles. The molecule has 0 spiro atoms. The molecule has 1 aromatic carbocycles. The van der Waals surface area contributed by atoms with Crippen LogP contribution in [0.1, 0.15) is 1.43 Å². The SMILES string of the molecule is O=CNc1ccc([N+](=O)[O-])cc1.[H-].[K+]. The molecule has 0 fully saturated rings. The van der Waals surface area contributed by atoms with Gasteiger partial charge in [-0.1, -0.05) is 0 Å². The van der Waals surface area contributed by atoms with Crippen molar-refractivity contribution in [1.82, 2.24) is 0 Å². The Morgan fingerprint density at radius 3 is 2.31 bits per heavy atom. The standard InChI is InChI=1S/C7H6N2O3.K.H/c10-5-8-6-1-3-7(4-2-6)9(11)12;;/h1-5H,(H,8,10);;/q;+1;-1. The summed E-state index contributed by atoms with van der Waals surface area (Å²) in [6, 6.07) is 5.58. The van der Waals surface area contributed by atoms with Crippen molar-refractivity contribution in [2.75, 3.05) is 5.32 Å². The molecule has 0 aliphatic rings. The molecule has 1 aromatic rings. The molecular formula is C7H7KN2O3. The summed E-state index contributed by atoms with van der Waals surface area (Å²) in [4.78, 5) is 19.6. The van der Waals surface area contributed by atoms with Gasteiger partial charge < -0.3 is 6.74 Å². The average Bonchev–Trinajstić information content (AvgIpc) is 2.06. The number of anilines is 1. The van der Waals surface area contributed by atoms with Crippen molar-refractivity contribution in [3.05, 3.63) is 34.4 Å². The number of rotatable bonds is 3. The number of benzene rings is 1. The first-order valence-corrected chi connectivity index (χ1v) is 3.18. The quantitative estimate of drug-likeness (QED) is 0.277. The van der Waals surface area contributed by atoms with E-state index in [1.165, 1.54) is 24.3 Å². The molecule has 1 amide bonds. The molecule has 0 bridgehead atoms. The number of hydrogen-bond donors (Lipinski definition) is 1. The van der Waals surface area contributed by atoms with Gasteiger partial charge in [-0.05, 0) is 12.1 Å².